The molecule has 0 heterocycles. The molecule has 24 heavy (non-hydrogen) atoms. The van der Waals surface area contributed by atoms with Crippen LogP contribution in [0.15, 0.2) is 54.6 Å². The molecule has 0 aliphatic heterocycles. The summed E-state index contributed by atoms with van der Waals surface area (Å²) in [6.07, 6.45) is 0. The highest BCUT2D eigenvalue weighted by Gasteiger charge is 2.09. The smallest absolute Gasteiger partial charge is 0.319 e. The molecule has 4 nitrogen and oxygen atoms in total. The van der Waals surface area contributed by atoms with Crippen LogP contribution < -0.4 is 10.6 Å². The zero-order chi connectivity index (χ0) is 17.1. The molecule has 3 aromatic rings. The first kappa shape index (κ1) is 16.4. The Kier molecular flexibility index (Phi) is 4.79. The third-order valence-electron chi connectivity index (χ3n) is 3.60. The molecular formula is C18H14Cl2N2O2. The lowest BCUT2D eigenvalue weighted by Crippen LogP contribution is -2.28. The first-order valence-corrected chi connectivity index (χ1v) is 7.99. The lowest BCUT2D eigenvalue weighted by molar-refractivity contribution is 0.252. The van der Waals surface area contributed by atoms with Gasteiger partial charge in [-0.1, -0.05) is 47.5 Å². The lowest BCUT2D eigenvalue weighted by Gasteiger charge is -2.12. The third kappa shape index (κ3) is 3.55. The van der Waals surface area contributed by atoms with Crippen LogP contribution in [-0.4, -0.2) is 11.1 Å². The van der Waals surface area contributed by atoms with Gasteiger partial charge in [0.05, 0.1) is 5.69 Å². The van der Waals surface area contributed by atoms with Crippen molar-refractivity contribution in [3.05, 3.63) is 70.2 Å². The van der Waals surface area contributed by atoms with Crippen LogP contribution in [0.2, 0.25) is 10.0 Å². The summed E-state index contributed by atoms with van der Waals surface area (Å²) in [4.78, 5) is 12.2. The molecule has 0 spiro atoms. The number of halogens is 2. The molecule has 0 saturated carbocycles. The number of carbonyl (C=O) groups excluding carboxylic acids is 1. The number of fused-ring (bicyclic) bond motifs is 1. The van der Waals surface area contributed by atoms with E-state index in [-0.39, 0.29) is 18.3 Å². The van der Waals surface area contributed by atoms with E-state index in [1.54, 1.807) is 42.5 Å². The fourth-order valence-corrected chi connectivity index (χ4v) is 2.94. The van der Waals surface area contributed by atoms with Gasteiger partial charge >= 0.3 is 6.03 Å². The number of nitrogens with one attached hydrogen (secondary N) is 2. The first-order chi connectivity index (χ1) is 11.5. The molecule has 0 fully saturated rings. The molecule has 0 atom stereocenters. The first-order valence-electron chi connectivity index (χ1n) is 7.24. The summed E-state index contributed by atoms with van der Waals surface area (Å²) in [5.41, 5.74) is 1.26. The SMILES string of the molecule is O=C(NCc1c(Cl)cccc1Cl)Nc1cccc2ccc(O)cc12. The maximum atomic E-state index is 12.2. The molecule has 2 amide bonds. The molecule has 0 aliphatic rings. The van der Waals surface area contributed by atoms with E-state index >= 15 is 0 Å². The second-order valence-electron chi connectivity index (χ2n) is 5.22. The fourth-order valence-electron chi connectivity index (χ4n) is 2.41. The van der Waals surface area contributed by atoms with Crippen molar-refractivity contribution in [2.24, 2.45) is 0 Å². The van der Waals surface area contributed by atoms with Crippen LogP contribution in [0.25, 0.3) is 10.8 Å². The van der Waals surface area contributed by atoms with E-state index in [4.69, 9.17) is 23.2 Å². The van der Waals surface area contributed by atoms with Gasteiger partial charge in [0.15, 0.2) is 0 Å². The average molecular weight is 361 g/mol. The zero-order valence-corrected chi connectivity index (χ0v) is 14.0. The van der Waals surface area contributed by atoms with E-state index in [9.17, 15) is 9.90 Å². The van der Waals surface area contributed by atoms with E-state index < -0.39 is 0 Å². The van der Waals surface area contributed by atoms with Gasteiger partial charge in [0, 0.05) is 27.5 Å². The summed E-state index contributed by atoms with van der Waals surface area (Å²) >= 11 is 12.2. The number of hydrogen-bond acceptors (Lipinski definition) is 2. The number of benzene rings is 3. The Labute approximate surface area is 149 Å². The van der Waals surface area contributed by atoms with Crippen molar-refractivity contribution in [3.63, 3.8) is 0 Å². The van der Waals surface area contributed by atoms with E-state index in [0.29, 0.717) is 21.3 Å². The molecule has 3 rings (SSSR count). The van der Waals surface area contributed by atoms with Crippen LogP contribution in [0.3, 0.4) is 0 Å². The second kappa shape index (κ2) is 6.99. The molecule has 6 heteroatoms. The van der Waals surface area contributed by atoms with E-state index in [1.807, 2.05) is 12.1 Å². The molecule has 0 unspecified atom stereocenters. The van der Waals surface area contributed by atoms with Gasteiger partial charge in [-0.3, -0.25) is 0 Å². The molecule has 0 aliphatic carbocycles. The van der Waals surface area contributed by atoms with Crippen LogP contribution in [0, 0.1) is 0 Å². The number of hydrogen-bond donors (Lipinski definition) is 3. The standard InChI is InChI=1S/C18H14Cl2N2O2/c19-15-4-2-5-16(20)14(15)10-21-18(24)22-17-6-1-3-11-7-8-12(23)9-13(11)17/h1-9,23H,10H2,(H2,21,22,24). The number of phenolic OH excluding ortho intramolecular Hbond substituents is 1. The van der Waals surface area contributed by atoms with Crippen LogP contribution in [-0.2, 0) is 6.54 Å². The quantitative estimate of drug-likeness (QED) is 0.602. The number of carbonyl (C=O) groups is 1. The Hall–Kier alpha value is -2.43. The molecule has 0 bridgehead atoms. The van der Waals surface area contributed by atoms with Gasteiger partial charge < -0.3 is 15.7 Å². The maximum Gasteiger partial charge on any atom is 0.319 e. The predicted molar refractivity (Wildman–Crippen MR) is 97.9 cm³/mol. The average Bonchev–Trinajstić information content (AvgIpc) is 2.55. The van der Waals surface area contributed by atoms with Gasteiger partial charge in [-0.25, -0.2) is 4.79 Å². The number of rotatable bonds is 3. The topological polar surface area (TPSA) is 61.4 Å². The summed E-state index contributed by atoms with van der Waals surface area (Å²) in [6.45, 7) is 0.209. The number of urea groups is 1. The molecule has 3 N–H and O–H groups in total. The van der Waals surface area contributed by atoms with Crippen molar-refractivity contribution in [1.29, 1.82) is 0 Å². The highest BCUT2D eigenvalue weighted by molar-refractivity contribution is 6.36. The van der Waals surface area contributed by atoms with E-state index in [1.165, 1.54) is 0 Å². The number of phenols is 1. The summed E-state index contributed by atoms with van der Waals surface area (Å²) in [5.74, 6) is 0.139. The molecule has 0 saturated heterocycles. The number of amides is 2. The second-order valence-corrected chi connectivity index (χ2v) is 6.03. The minimum atomic E-state index is -0.387. The largest absolute Gasteiger partial charge is 0.508 e. The lowest BCUT2D eigenvalue weighted by atomic mass is 10.1. The minimum Gasteiger partial charge on any atom is -0.508 e. The number of aromatic hydroxyl groups is 1. The van der Waals surface area contributed by atoms with Gasteiger partial charge in [0.1, 0.15) is 5.75 Å². The van der Waals surface area contributed by atoms with Crippen molar-refractivity contribution >= 4 is 45.7 Å². The highest BCUT2D eigenvalue weighted by Crippen LogP contribution is 2.27. The van der Waals surface area contributed by atoms with Gasteiger partial charge in [-0.05, 0) is 35.7 Å². The molecule has 0 radical (unpaired) electrons. The maximum absolute atomic E-state index is 12.2. The van der Waals surface area contributed by atoms with Crippen LogP contribution in [0.5, 0.6) is 5.75 Å². The summed E-state index contributed by atoms with van der Waals surface area (Å²) < 4.78 is 0. The Balaban J connectivity index is 1.75. The van der Waals surface area contributed by atoms with Crippen molar-refractivity contribution in [3.8, 4) is 5.75 Å². The summed E-state index contributed by atoms with van der Waals surface area (Å²) in [6, 6.07) is 15.3. The monoisotopic (exact) mass is 360 g/mol. The predicted octanol–water partition coefficient (Wildman–Crippen LogP) is 5.17. The van der Waals surface area contributed by atoms with Gasteiger partial charge in [0.2, 0.25) is 0 Å². The van der Waals surface area contributed by atoms with Crippen molar-refractivity contribution < 1.29 is 9.90 Å². The van der Waals surface area contributed by atoms with Crippen LogP contribution in [0.4, 0.5) is 10.5 Å². The molecule has 0 aromatic heterocycles. The Bertz CT molecular complexity index is 892. The van der Waals surface area contributed by atoms with Crippen molar-refractivity contribution in [2.75, 3.05) is 5.32 Å². The number of anilines is 1. The van der Waals surface area contributed by atoms with Crippen LogP contribution >= 0.6 is 23.2 Å². The molecule has 3 aromatic carbocycles. The van der Waals surface area contributed by atoms with Gasteiger partial charge in [0.25, 0.3) is 0 Å². The highest BCUT2D eigenvalue weighted by atomic mass is 35.5. The third-order valence-corrected chi connectivity index (χ3v) is 4.31. The van der Waals surface area contributed by atoms with E-state index in [2.05, 4.69) is 10.6 Å². The van der Waals surface area contributed by atoms with Gasteiger partial charge in [-0.15, -0.1) is 0 Å². The Morgan fingerprint density at radius 2 is 1.71 bits per heavy atom. The Morgan fingerprint density at radius 3 is 2.46 bits per heavy atom. The zero-order valence-electron chi connectivity index (χ0n) is 12.5. The molecular weight excluding hydrogens is 347 g/mol. The van der Waals surface area contributed by atoms with Crippen LogP contribution in [0.1, 0.15) is 5.56 Å². The van der Waals surface area contributed by atoms with Gasteiger partial charge in [-0.2, -0.15) is 0 Å². The fraction of sp³-hybridized carbons (Fsp3) is 0.0556. The summed E-state index contributed by atoms with van der Waals surface area (Å²) in [5, 5.41) is 17.8. The minimum absolute atomic E-state index is 0.139. The van der Waals surface area contributed by atoms with Crippen molar-refractivity contribution in [1.82, 2.24) is 5.32 Å². The normalized spacial score (nSPS) is 10.6. The van der Waals surface area contributed by atoms with E-state index in [0.717, 1.165) is 10.8 Å². The Morgan fingerprint density at radius 1 is 1.00 bits per heavy atom. The molecule has 122 valence electrons. The summed E-state index contributed by atoms with van der Waals surface area (Å²) in [7, 11) is 0. The van der Waals surface area contributed by atoms with Crippen molar-refractivity contribution in [2.45, 2.75) is 6.54 Å².